The Hall–Kier alpha value is -1.22. The second kappa shape index (κ2) is 5.61. The van der Waals surface area contributed by atoms with E-state index in [1.165, 1.54) is 24.8 Å². The first-order valence-electron chi connectivity index (χ1n) is 6.64. The lowest BCUT2D eigenvalue weighted by Crippen LogP contribution is -2.23. The lowest BCUT2D eigenvalue weighted by molar-refractivity contribution is 0.354. The summed E-state index contributed by atoms with van der Waals surface area (Å²) in [6, 6.07) is 6.08. The molecule has 0 atom stereocenters. The molecule has 1 saturated carbocycles. The minimum absolute atomic E-state index is 0.594. The highest BCUT2D eigenvalue weighted by molar-refractivity contribution is 5.42. The number of methoxy groups -OCH3 is 2. The van der Waals surface area contributed by atoms with Gasteiger partial charge in [0.25, 0.3) is 0 Å². The second-order valence-electron chi connectivity index (χ2n) is 5.15. The van der Waals surface area contributed by atoms with Gasteiger partial charge < -0.3 is 14.8 Å². The van der Waals surface area contributed by atoms with Crippen molar-refractivity contribution in [1.29, 1.82) is 0 Å². The molecule has 18 heavy (non-hydrogen) atoms. The summed E-state index contributed by atoms with van der Waals surface area (Å²) in [4.78, 5) is 0. The van der Waals surface area contributed by atoms with Crippen molar-refractivity contribution >= 4 is 0 Å². The molecule has 0 amide bonds. The van der Waals surface area contributed by atoms with Gasteiger partial charge in [0.05, 0.1) is 14.2 Å². The predicted octanol–water partition coefficient (Wildman–Crippen LogP) is 2.98. The van der Waals surface area contributed by atoms with Gasteiger partial charge >= 0.3 is 0 Å². The van der Waals surface area contributed by atoms with Crippen molar-refractivity contribution in [2.45, 2.75) is 32.7 Å². The van der Waals surface area contributed by atoms with Gasteiger partial charge in [0.15, 0.2) is 11.5 Å². The quantitative estimate of drug-likeness (QED) is 0.806. The molecule has 100 valence electrons. The first-order valence-corrected chi connectivity index (χ1v) is 6.64. The van der Waals surface area contributed by atoms with Crippen LogP contribution < -0.4 is 14.8 Å². The van der Waals surface area contributed by atoms with Gasteiger partial charge in [0, 0.05) is 13.1 Å². The van der Waals surface area contributed by atoms with E-state index in [9.17, 15) is 0 Å². The highest BCUT2D eigenvalue weighted by Gasteiger charge is 2.39. The third kappa shape index (κ3) is 2.96. The van der Waals surface area contributed by atoms with Crippen LogP contribution in [-0.4, -0.2) is 20.8 Å². The molecular formula is C15H23NO2. The average molecular weight is 249 g/mol. The summed E-state index contributed by atoms with van der Waals surface area (Å²) in [7, 11) is 3.33. The Labute approximate surface area is 109 Å². The second-order valence-corrected chi connectivity index (χ2v) is 5.15. The summed E-state index contributed by atoms with van der Waals surface area (Å²) in [5.41, 5.74) is 1.83. The molecule has 1 aliphatic carbocycles. The molecule has 3 heteroatoms. The normalized spacial score (nSPS) is 16.4. The van der Waals surface area contributed by atoms with Crippen LogP contribution in [0.1, 0.15) is 31.7 Å². The van der Waals surface area contributed by atoms with E-state index in [1.807, 2.05) is 12.1 Å². The Kier molecular flexibility index (Phi) is 4.12. The van der Waals surface area contributed by atoms with Gasteiger partial charge in [-0.1, -0.05) is 13.0 Å². The van der Waals surface area contributed by atoms with Crippen molar-refractivity contribution in [1.82, 2.24) is 5.32 Å². The average Bonchev–Trinajstić information content (AvgIpc) is 3.19. The van der Waals surface area contributed by atoms with Crippen LogP contribution in [0.15, 0.2) is 18.2 Å². The summed E-state index contributed by atoms with van der Waals surface area (Å²) < 4.78 is 10.5. The van der Waals surface area contributed by atoms with Gasteiger partial charge in [0.2, 0.25) is 0 Å². The fourth-order valence-electron chi connectivity index (χ4n) is 2.29. The fourth-order valence-corrected chi connectivity index (χ4v) is 2.29. The largest absolute Gasteiger partial charge is 0.493 e. The first kappa shape index (κ1) is 13.2. The molecule has 1 aromatic rings. The van der Waals surface area contributed by atoms with Gasteiger partial charge in [-0.3, -0.25) is 0 Å². The van der Waals surface area contributed by atoms with Crippen LogP contribution in [-0.2, 0) is 6.54 Å². The van der Waals surface area contributed by atoms with E-state index in [4.69, 9.17) is 9.47 Å². The standard InChI is InChI=1S/C15H23NO2/c1-4-15(7-8-15)11-16-10-12-5-6-13(17-2)14(9-12)18-3/h5-6,9,16H,4,7-8,10-11H2,1-3H3. The van der Waals surface area contributed by atoms with Crippen LogP contribution >= 0.6 is 0 Å². The van der Waals surface area contributed by atoms with E-state index in [0.29, 0.717) is 5.41 Å². The molecule has 0 heterocycles. The third-order valence-electron chi connectivity index (χ3n) is 3.98. The maximum Gasteiger partial charge on any atom is 0.161 e. The van der Waals surface area contributed by atoms with Gasteiger partial charge in [-0.25, -0.2) is 0 Å². The van der Waals surface area contributed by atoms with Crippen molar-refractivity contribution in [3.05, 3.63) is 23.8 Å². The van der Waals surface area contributed by atoms with E-state index >= 15 is 0 Å². The highest BCUT2D eigenvalue weighted by Crippen LogP contribution is 2.47. The summed E-state index contributed by atoms with van der Waals surface area (Å²) >= 11 is 0. The first-order chi connectivity index (χ1) is 8.73. The molecule has 1 N–H and O–H groups in total. The maximum absolute atomic E-state index is 5.30. The summed E-state index contributed by atoms with van der Waals surface area (Å²) in [6.07, 6.45) is 4.04. The maximum atomic E-state index is 5.30. The SMILES string of the molecule is CCC1(CNCc2ccc(OC)c(OC)c2)CC1. The molecule has 3 nitrogen and oxygen atoms in total. The number of rotatable bonds is 7. The molecule has 0 unspecified atom stereocenters. The Morgan fingerprint density at radius 2 is 1.89 bits per heavy atom. The van der Waals surface area contributed by atoms with Crippen LogP contribution in [0.4, 0.5) is 0 Å². The predicted molar refractivity (Wildman–Crippen MR) is 73.2 cm³/mol. The molecule has 0 bridgehead atoms. The lowest BCUT2D eigenvalue weighted by Gasteiger charge is -2.14. The number of hydrogen-bond acceptors (Lipinski definition) is 3. The van der Waals surface area contributed by atoms with E-state index in [-0.39, 0.29) is 0 Å². The topological polar surface area (TPSA) is 30.5 Å². The summed E-state index contributed by atoms with van der Waals surface area (Å²) in [5.74, 6) is 1.59. The van der Waals surface area contributed by atoms with Crippen LogP contribution in [0.2, 0.25) is 0 Å². The van der Waals surface area contributed by atoms with Crippen molar-refractivity contribution in [2.75, 3.05) is 20.8 Å². The van der Waals surface area contributed by atoms with Gasteiger partial charge in [-0.05, 0) is 42.4 Å². The molecule has 0 aromatic heterocycles. The van der Waals surface area contributed by atoms with Crippen molar-refractivity contribution in [3.8, 4) is 11.5 Å². The third-order valence-corrected chi connectivity index (χ3v) is 3.98. The van der Waals surface area contributed by atoms with E-state index < -0.39 is 0 Å². The van der Waals surface area contributed by atoms with Crippen LogP contribution in [0, 0.1) is 5.41 Å². The van der Waals surface area contributed by atoms with Crippen LogP contribution in [0.25, 0.3) is 0 Å². The zero-order chi connectivity index (χ0) is 13.0. The number of nitrogens with one attached hydrogen (secondary N) is 1. The minimum Gasteiger partial charge on any atom is -0.493 e. The smallest absolute Gasteiger partial charge is 0.161 e. The summed E-state index contributed by atoms with van der Waals surface area (Å²) in [5, 5.41) is 3.55. The Balaban J connectivity index is 1.89. The van der Waals surface area contributed by atoms with Gasteiger partial charge in [0.1, 0.15) is 0 Å². The number of hydrogen-bond donors (Lipinski definition) is 1. The van der Waals surface area contributed by atoms with E-state index in [0.717, 1.165) is 24.6 Å². The Morgan fingerprint density at radius 1 is 1.17 bits per heavy atom. The molecule has 1 fully saturated rings. The Bertz CT molecular complexity index is 399. The van der Waals surface area contributed by atoms with E-state index in [1.54, 1.807) is 14.2 Å². The highest BCUT2D eigenvalue weighted by atomic mass is 16.5. The molecular weight excluding hydrogens is 226 g/mol. The van der Waals surface area contributed by atoms with Crippen molar-refractivity contribution < 1.29 is 9.47 Å². The molecule has 0 spiro atoms. The van der Waals surface area contributed by atoms with E-state index in [2.05, 4.69) is 18.3 Å². The fraction of sp³-hybridized carbons (Fsp3) is 0.600. The minimum atomic E-state index is 0.594. The van der Waals surface area contributed by atoms with Crippen LogP contribution in [0.3, 0.4) is 0 Å². The molecule has 0 aliphatic heterocycles. The van der Waals surface area contributed by atoms with Gasteiger partial charge in [-0.15, -0.1) is 0 Å². The number of benzene rings is 1. The Morgan fingerprint density at radius 3 is 2.44 bits per heavy atom. The molecule has 0 saturated heterocycles. The van der Waals surface area contributed by atoms with Crippen LogP contribution in [0.5, 0.6) is 11.5 Å². The zero-order valence-corrected chi connectivity index (χ0v) is 11.6. The van der Waals surface area contributed by atoms with Gasteiger partial charge in [-0.2, -0.15) is 0 Å². The zero-order valence-electron chi connectivity index (χ0n) is 11.6. The molecule has 2 rings (SSSR count). The summed E-state index contributed by atoms with van der Waals surface area (Å²) in [6.45, 7) is 4.30. The molecule has 1 aromatic carbocycles. The number of ether oxygens (including phenoxy) is 2. The van der Waals surface area contributed by atoms with Crippen molar-refractivity contribution in [2.24, 2.45) is 5.41 Å². The molecule has 0 radical (unpaired) electrons. The molecule has 1 aliphatic rings. The lowest BCUT2D eigenvalue weighted by atomic mass is 10.0. The van der Waals surface area contributed by atoms with Crippen molar-refractivity contribution in [3.63, 3.8) is 0 Å². The monoisotopic (exact) mass is 249 g/mol.